The topological polar surface area (TPSA) is 81.8 Å². The summed E-state index contributed by atoms with van der Waals surface area (Å²) >= 11 is 0. The molecule has 5 nitrogen and oxygen atoms in total. The van der Waals surface area contributed by atoms with Crippen LogP contribution < -0.4 is 10.5 Å². The first-order chi connectivity index (χ1) is 7.16. The molecule has 0 bridgehead atoms. The molecule has 0 aliphatic carbocycles. The van der Waals surface area contributed by atoms with Crippen molar-refractivity contribution in [1.82, 2.24) is 0 Å². The number of carboxylic acid groups (broad SMARTS) is 1. The zero-order chi connectivity index (χ0) is 10.8. The fourth-order valence-electron chi connectivity index (χ4n) is 1.27. The summed E-state index contributed by atoms with van der Waals surface area (Å²) in [5.74, 6) is -0.721. The van der Waals surface area contributed by atoms with Crippen LogP contribution in [-0.4, -0.2) is 30.4 Å². The van der Waals surface area contributed by atoms with Crippen LogP contribution in [0.3, 0.4) is 0 Å². The molecule has 0 radical (unpaired) electrons. The second-order valence-electron chi connectivity index (χ2n) is 3.34. The van der Waals surface area contributed by atoms with Gasteiger partial charge in [-0.25, -0.2) is 4.79 Å². The van der Waals surface area contributed by atoms with Crippen LogP contribution in [0, 0.1) is 0 Å². The number of anilines is 1. The highest BCUT2D eigenvalue weighted by Gasteiger charge is 2.22. The number of aromatic carboxylic acids is 1. The van der Waals surface area contributed by atoms with E-state index in [4.69, 9.17) is 20.3 Å². The maximum atomic E-state index is 10.9. The molecule has 15 heavy (non-hydrogen) atoms. The van der Waals surface area contributed by atoms with Crippen LogP contribution in [0.1, 0.15) is 10.4 Å². The van der Waals surface area contributed by atoms with E-state index in [0.29, 0.717) is 24.7 Å². The van der Waals surface area contributed by atoms with Gasteiger partial charge in [0.2, 0.25) is 0 Å². The number of hydrogen-bond donors (Lipinski definition) is 2. The molecule has 1 aliphatic rings. The zero-order valence-corrected chi connectivity index (χ0v) is 7.97. The molecule has 1 fully saturated rings. The normalized spacial score (nSPS) is 15.7. The molecule has 80 valence electrons. The third kappa shape index (κ3) is 2.02. The van der Waals surface area contributed by atoms with Gasteiger partial charge in [-0.05, 0) is 12.1 Å². The lowest BCUT2D eigenvalue weighted by Crippen LogP contribution is -2.38. The molecule has 1 aromatic carbocycles. The van der Waals surface area contributed by atoms with Gasteiger partial charge < -0.3 is 20.3 Å². The fourth-order valence-corrected chi connectivity index (χ4v) is 1.27. The van der Waals surface area contributed by atoms with Crippen LogP contribution in [0.5, 0.6) is 5.75 Å². The zero-order valence-electron chi connectivity index (χ0n) is 7.97. The number of benzene rings is 1. The molecule has 0 spiro atoms. The smallest absolute Gasteiger partial charge is 0.339 e. The van der Waals surface area contributed by atoms with Crippen LogP contribution in [0.25, 0.3) is 0 Å². The molecule has 0 aromatic heterocycles. The molecule has 1 saturated heterocycles. The number of carbonyl (C=O) groups is 1. The Kier molecular flexibility index (Phi) is 2.47. The van der Waals surface area contributed by atoms with Crippen LogP contribution in [0.15, 0.2) is 18.2 Å². The van der Waals surface area contributed by atoms with Gasteiger partial charge in [-0.3, -0.25) is 0 Å². The van der Waals surface area contributed by atoms with Crippen molar-refractivity contribution >= 4 is 11.7 Å². The van der Waals surface area contributed by atoms with Crippen molar-refractivity contribution in [3.05, 3.63) is 23.8 Å². The van der Waals surface area contributed by atoms with Crippen molar-refractivity contribution in [2.45, 2.75) is 6.10 Å². The minimum atomic E-state index is -1.02. The van der Waals surface area contributed by atoms with E-state index in [1.165, 1.54) is 18.2 Å². The predicted molar refractivity (Wildman–Crippen MR) is 53.0 cm³/mol. The van der Waals surface area contributed by atoms with E-state index in [-0.39, 0.29) is 11.7 Å². The summed E-state index contributed by atoms with van der Waals surface area (Å²) in [6.07, 6.45) is -0.0649. The maximum Gasteiger partial charge on any atom is 0.339 e. The third-order valence-electron chi connectivity index (χ3n) is 2.14. The van der Waals surface area contributed by atoms with Crippen molar-refractivity contribution in [3.63, 3.8) is 0 Å². The van der Waals surface area contributed by atoms with Gasteiger partial charge in [-0.2, -0.15) is 0 Å². The Hall–Kier alpha value is -1.75. The van der Waals surface area contributed by atoms with E-state index in [1.807, 2.05) is 0 Å². The number of hydrogen-bond acceptors (Lipinski definition) is 4. The standard InChI is InChI=1S/C10H11NO4/c11-6-1-2-8(10(12)13)9(3-6)15-7-4-14-5-7/h1-3,7H,4-5,11H2,(H,12,13). The lowest BCUT2D eigenvalue weighted by atomic mass is 10.2. The molecule has 2 rings (SSSR count). The van der Waals surface area contributed by atoms with Crippen molar-refractivity contribution < 1.29 is 19.4 Å². The summed E-state index contributed by atoms with van der Waals surface area (Å²) in [4.78, 5) is 10.9. The summed E-state index contributed by atoms with van der Waals surface area (Å²) in [7, 11) is 0. The number of nitrogens with two attached hydrogens (primary N) is 1. The van der Waals surface area contributed by atoms with Crippen molar-refractivity contribution in [1.29, 1.82) is 0 Å². The molecule has 0 saturated carbocycles. The van der Waals surface area contributed by atoms with Crippen molar-refractivity contribution in [3.8, 4) is 5.75 Å². The predicted octanol–water partition coefficient (Wildman–Crippen LogP) is 0.745. The first kappa shape index (κ1) is 9.79. The van der Waals surface area contributed by atoms with E-state index in [0.717, 1.165) is 0 Å². The first-order valence-electron chi connectivity index (χ1n) is 4.54. The molecule has 1 aliphatic heterocycles. The number of carboxylic acids is 1. The van der Waals surface area contributed by atoms with Crippen LogP contribution in [0.2, 0.25) is 0 Å². The lowest BCUT2D eigenvalue weighted by molar-refractivity contribution is -0.0799. The molecular weight excluding hydrogens is 198 g/mol. The highest BCUT2D eigenvalue weighted by Crippen LogP contribution is 2.24. The van der Waals surface area contributed by atoms with Crippen LogP contribution in [-0.2, 0) is 4.74 Å². The third-order valence-corrected chi connectivity index (χ3v) is 2.14. The van der Waals surface area contributed by atoms with Crippen molar-refractivity contribution in [2.75, 3.05) is 18.9 Å². The highest BCUT2D eigenvalue weighted by atomic mass is 16.6. The van der Waals surface area contributed by atoms with E-state index in [1.54, 1.807) is 0 Å². The van der Waals surface area contributed by atoms with Gasteiger partial charge in [0, 0.05) is 11.8 Å². The molecule has 0 amide bonds. The Balaban J connectivity index is 2.24. The molecule has 5 heteroatoms. The summed E-state index contributed by atoms with van der Waals surface area (Å²) in [6.45, 7) is 0.988. The first-order valence-corrected chi connectivity index (χ1v) is 4.54. The van der Waals surface area contributed by atoms with Gasteiger partial charge in [0.25, 0.3) is 0 Å². The Bertz CT molecular complexity index is 387. The van der Waals surface area contributed by atoms with Gasteiger partial charge in [0.15, 0.2) is 0 Å². The Morgan fingerprint density at radius 3 is 2.80 bits per heavy atom. The van der Waals surface area contributed by atoms with E-state index in [2.05, 4.69) is 0 Å². The van der Waals surface area contributed by atoms with Crippen LogP contribution in [0.4, 0.5) is 5.69 Å². The van der Waals surface area contributed by atoms with E-state index in [9.17, 15) is 4.79 Å². The fraction of sp³-hybridized carbons (Fsp3) is 0.300. The molecule has 0 atom stereocenters. The summed E-state index contributed by atoms with van der Waals surface area (Å²) in [5.41, 5.74) is 6.16. The largest absolute Gasteiger partial charge is 0.485 e. The molecule has 0 unspecified atom stereocenters. The number of nitrogen functional groups attached to an aromatic ring is 1. The summed E-state index contributed by atoms with van der Waals surface area (Å²) in [5, 5.41) is 8.91. The Labute approximate surface area is 86.4 Å². The Morgan fingerprint density at radius 2 is 2.27 bits per heavy atom. The second kappa shape index (κ2) is 3.78. The minimum absolute atomic E-state index is 0.0649. The molecule has 1 aromatic rings. The summed E-state index contributed by atoms with van der Waals surface area (Å²) < 4.78 is 10.4. The Morgan fingerprint density at radius 1 is 1.53 bits per heavy atom. The second-order valence-corrected chi connectivity index (χ2v) is 3.34. The SMILES string of the molecule is Nc1ccc(C(=O)O)c(OC2COC2)c1. The average molecular weight is 209 g/mol. The highest BCUT2D eigenvalue weighted by molar-refractivity contribution is 5.91. The van der Waals surface area contributed by atoms with Crippen LogP contribution >= 0.6 is 0 Å². The van der Waals surface area contributed by atoms with Crippen molar-refractivity contribution in [2.24, 2.45) is 0 Å². The van der Waals surface area contributed by atoms with Gasteiger partial charge in [0.05, 0.1) is 13.2 Å². The average Bonchev–Trinajstić information content (AvgIpc) is 2.11. The summed E-state index contributed by atoms with van der Waals surface area (Å²) in [6, 6.07) is 4.49. The monoisotopic (exact) mass is 209 g/mol. The molecular formula is C10H11NO4. The number of rotatable bonds is 3. The lowest BCUT2D eigenvalue weighted by Gasteiger charge is -2.27. The van der Waals surface area contributed by atoms with Gasteiger partial charge >= 0.3 is 5.97 Å². The van der Waals surface area contributed by atoms with Gasteiger partial charge in [0.1, 0.15) is 17.4 Å². The number of ether oxygens (including phenoxy) is 2. The minimum Gasteiger partial charge on any atom is -0.485 e. The van der Waals surface area contributed by atoms with Gasteiger partial charge in [-0.1, -0.05) is 0 Å². The molecule has 3 N–H and O–H groups in total. The maximum absolute atomic E-state index is 10.9. The molecule has 1 heterocycles. The quantitative estimate of drug-likeness (QED) is 0.717. The van der Waals surface area contributed by atoms with E-state index < -0.39 is 5.97 Å². The van der Waals surface area contributed by atoms with E-state index >= 15 is 0 Å². The van der Waals surface area contributed by atoms with Gasteiger partial charge in [-0.15, -0.1) is 0 Å².